The molecule has 0 aliphatic heterocycles. The number of carboxylic acid groups (broad SMARTS) is 1. The fraction of sp³-hybridized carbons (Fsp3) is 0.250. The third-order valence-corrected chi connectivity index (χ3v) is 2.94. The van der Waals surface area contributed by atoms with Crippen molar-refractivity contribution in [3.63, 3.8) is 0 Å². The fourth-order valence-electron chi connectivity index (χ4n) is 1.75. The minimum absolute atomic E-state index is 0.225. The molecular weight excluding hydrogens is 281 g/mol. The Kier molecular flexibility index (Phi) is 3.92. The topological polar surface area (TPSA) is 110 Å². The highest BCUT2D eigenvalue weighted by Crippen LogP contribution is 2.21. The van der Waals surface area contributed by atoms with E-state index in [9.17, 15) is 19.1 Å². The SMILES string of the molecule is CC(NC(=O)Cn1cnnn1)(C(=O)O)c1ccc(F)cc1. The van der Waals surface area contributed by atoms with E-state index >= 15 is 0 Å². The summed E-state index contributed by atoms with van der Waals surface area (Å²) in [6.07, 6.45) is 1.23. The standard InChI is InChI=1S/C12H12FN5O3/c1-12(11(20)21,8-2-4-9(13)5-3-8)15-10(19)6-18-7-14-16-17-18/h2-5,7H,6H2,1H3,(H,15,19)(H,20,21). The highest BCUT2D eigenvalue weighted by molar-refractivity contribution is 5.87. The van der Waals surface area contributed by atoms with E-state index in [4.69, 9.17) is 0 Å². The first kappa shape index (κ1) is 14.6. The molecule has 2 rings (SSSR count). The molecule has 0 spiro atoms. The van der Waals surface area contributed by atoms with E-state index in [-0.39, 0.29) is 12.1 Å². The smallest absolute Gasteiger partial charge is 0.333 e. The Morgan fingerprint density at radius 3 is 2.57 bits per heavy atom. The zero-order valence-electron chi connectivity index (χ0n) is 11.0. The maximum absolute atomic E-state index is 12.9. The first-order chi connectivity index (χ1) is 9.91. The molecule has 0 fully saturated rings. The zero-order chi connectivity index (χ0) is 15.5. The quantitative estimate of drug-likeness (QED) is 0.798. The number of rotatable bonds is 5. The number of hydrogen-bond donors (Lipinski definition) is 2. The summed E-state index contributed by atoms with van der Waals surface area (Å²) < 4.78 is 14.1. The predicted octanol–water partition coefficient (Wildman–Crippen LogP) is -0.0716. The average molecular weight is 293 g/mol. The van der Waals surface area contributed by atoms with Crippen molar-refractivity contribution in [1.82, 2.24) is 25.5 Å². The summed E-state index contributed by atoms with van der Waals surface area (Å²) in [5.41, 5.74) is -1.43. The number of carbonyl (C=O) groups excluding carboxylic acids is 1. The molecule has 21 heavy (non-hydrogen) atoms. The number of carboxylic acids is 1. The lowest BCUT2D eigenvalue weighted by molar-refractivity contribution is -0.147. The van der Waals surface area contributed by atoms with Crippen LogP contribution in [0.2, 0.25) is 0 Å². The number of aromatic nitrogens is 4. The second-order valence-electron chi connectivity index (χ2n) is 4.49. The molecule has 0 saturated heterocycles. The van der Waals surface area contributed by atoms with Crippen LogP contribution in [0.15, 0.2) is 30.6 Å². The molecule has 2 aromatic rings. The lowest BCUT2D eigenvalue weighted by Gasteiger charge is -2.26. The van der Waals surface area contributed by atoms with Crippen LogP contribution >= 0.6 is 0 Å². The van der Waals surface area contributed by atoms with Crippen molar-refractivity contribution in [2.45, 2.75) is 19.0 Å². The Bertz CT molecular complexity index is 643. The molecule has 0 aliphatic rings. The molecule has 1 unspecified atom stereocenters. The minimum atomic E-state index is -1.68. The monoisotopic (exact) mass is 293 g/mol. The largest absolute Gasteiger partial charge is 0.479 e. The van der Waals surface area contributed by atoms with Crippen molar-refractivity contribution in [2.24, 2.45) is 0 Å². The van der Waals surface area contributed by atoms with Crippen molar-refractivity contribution in [3.05, 3.63) is 42.0 Å². The third-order valence-electron chi connectivity index (χ3n) is 2.94. The molecule has 2 N–H and O–H groups in total. The van der Waals surface area contributed by atoms with Gasteiger partial charge in [-0.1, -0.05) is 12.1 Å². The van der Waals surface area contributed by atoms with Crippen LogP contribution in [0, 0.1) is 5.82 Å². The summed E-state index contributed by atoms with van der Waals surface area (Å²) in [5, 5.41) is 22.0. The number of aliphatic carboxylic acids is 1. The first-order valence-electron chi connectivity index (χ1n) is 5.93. The highest BCUT2D eigenvalue weighted by Gasteiger charge is 2.36. The summed E-state index contributed by atoms with van der Waals surface area (Å²) in [6.45, 7) is 1.09. The van der Waals surface area contributed by atoms with E-state index in [0.29, 0.717) is 0 Å². The third kappa shape index (κ3) is 3.19. The van der Waals surface area contributed by atoms with Crippen molar-refractivity contribution in [3.8, 4) is 0 Å². The van der Waals surface area contributed by atoms with Gasteiger partial charge in [-0.2, -0.15) is 0 Å². The number of benzene rings is 1. The van der Waals surface area contributed by atoms with Crippen molar-refractivity contribution < 1.29 is 19.1 Å². The van der Waals surface area contributed by atoms with Crippen LogP contribution in [0.3, 0.4) is 0 Å². The van der Waals surface area contributed by atoms with Gasteiger partial charge in [-0.05, 0) is 35.0 Å². The molecule has 1 aromatic carbocycles. The predicted molar refractivity (Wildman–Crippen MR) is 67.3 cm³/mol. The van der Waals surface area contributed by atoms with Gasteiger partial charge >= 0.3 is 5.97 Å². The Labute approximate surface area is 118 Å². The summed E-state index contributed by atoms with van der Waals surface area (Å²) in [7, 11) is 0. The fourth-order valence-corrected chi connectivity index (χ4v) is 1.75. The van der Waals surface area contributed by atoms with Crippen LogP contribution < -0.4 is 5.32 Å². The van der Waals surface area contributed by atoms with Gasteiger partial charge in [0.05, 0.1) is 0 Å². The van der Waals surface area contributed by atoms with Crippen molar-refractivity contribution >= 4 is 11.9 Å². The molecule has 1 aromatic heterocycles. The summed E-state index contributed by atoms with van der Waals surface area (Å²) in [5.74, 6) is -2.35. The van der Waals surface area contributed by atoms with E-state index < -0.39 is 23.2 Å². The van der Waals surface area contributed by atoms with E-state index in [1.807, 2.05) is 0 Å². The van der Waals surface area contributed by atoms with E-state index in [2.05, 4.69) is 20.8 Å². The molecular formula is C12H12FN5O3. The molecule has 9 heteroatoms. The van der Waals surface area contributed by atoms with E-state index in [0.717, 1.165) is 16.8 Å². The van der Waals surface area contributed by atoms with Gasteiger partial charge in [0.25, 0.3) is 0 Å². The lowest BCUT2D eigenvalue weighted by atomic mass is 9.92. The van der Waals surface area contributed by atoms with Crippen LogP contribution in [0.1, 0.15) is 12.5 Å². The van der Waals surface area contributed by atoms with Crippen LogP contribution in [-0.4, -0.2) is 37.2 Å². The second-order valence-corrected chi connectivity index (χ2v) is 4.49. The van der Waals surface area contributed by atoms with Crippen LogP contribution in [0.4, 0.5) is 4.39 Å². The number of nitrogens with zero attached hydrogens (tertiary/aromatic N) is 4. The Morgan fingerprint density at radius 1 is 1.38 bits per heavy atom. The minimum Gasteiger partial charge on any atom is -0.479 e. The molecule has 1 heterocycles. The first-order valence-corrected chi connectivity index (χ1v) is 5.93. The number of halogens is 1. The lowest BCUT2D eigenvalue weighted by Crippen LogP contribution is -2.50. The number of tetrazole rings is 1. The Morgan fingerprint density at radius 2 is 2.05 bits per heavy atom. The Hall–Kier alpha value is -2.84. The highest BCUT2D eigenvalue weighted by atomic mass is 19.1. The maximum atomic E-state index is 12.9. The average Bonchev–Trinajstić information content (AvgIpc) is 2.91. The molecule has 0 aliphatic carbocycles. The van der Waals surface area contributed by atoms with Gasteiger partial charge in [0.2, 0.25) is 5.91 Å². The second kappa shape index (κ2) is 5.65. The van der Waals surface area contributed by atoms with Gasteiger partial charge in [-0.15, -0.1) is 5.10 Å². The summed E-state index contributed by atoms with van der Waals surface area (Å²) in [6, 6.07) is 4.87. The number of amides is 1. The molecule has 0 saturated carbocycles. The summed E-state index contributed by atoms with van der Waals surface area (Å²) >= 11 is 0. The number of hydrogen-bond acceptors (Lipinski definition) is 5. The summed E-state index contributed by atoms with van der Waals surface area (Å²) in [4.78, 5) is 23.4. The van der Waals surface area contributed by atoms with Crippen LogP contribution in [0.5, 0.6) is 0 Å². The molecule has 0 radical (unpaired) electrons. The normalized spacial score (nSPS) is 13.4. The van der Waals surface area contributed by atoms with Gasteiger partial charge in [0.1, 0.15) is 18.7 Å². The van der Waals surface area contributed by atoms with Gasteiger partial charge in [0, 0.05) is 0 Å². The van der Waals surface area contributed by atoms with E-state index in [1.54, 1.807) is 0 Å². The Balaban J connectivity index is 2.20. The zero-order valence-corrected chi connectivity index (χ0v) is 11.0. The van der Waals surface area contributed by atoms with Gasteiger partial charge in [0.15, 0.2) is 5.54 Å². The van der Waals surface area contributed by atoms with Gasteiger partial charge in [-0.3, -0.25) is 4.79 Å². The van der Waals surface area contributed by atoms with Crippen molar-refractivity contribution in [2.75, 3.05) is 0 Å². The maximum Gasteiger partial charge on any atom is 0.333 e. The van der Waals surface area contributed by atoms with E-state index in [1.165, 1.54) is 25.4 Å². The van der Waals surface area contributed by atoms with Crippen LogP contribution in [0.25, 0.3) is 0 Å². The van der Waals surface area contributed by atoms with Gasteiger partial charge < -0.3 is 10.4 Å². The number of nitrogens with one attached hydrogen (secondary N) is 1. The molecule has 0 bridgehead atoms. The molecule has 8 nitrogen and oxygen atoms in total. The van der Waals surface area contributed by atoms with Crippen molar-refractivity contribution in [1.29, 1.82) is 0 Å². The molecule has 110 valence electrons. The number of carbonyl (C=O) groups is 2. The molecule has 1 amide bonds. The van der Waals surface area contributed by atoms with Gasteiger partial charge in [-0.25, -0.2) is 13.9 Å². The molecule has 1 atom stereocenters. The van der Waals surface area contributed by atoms with Crippen LogP contribution in [-0.2, 0) is 21.7 Å².